The summed E-state index contributed by atoms with van der Waals surface area (Å²) in [5, 5.41) is 4.39. The Hall–Kier alpha value is -2.61. The first-order chi connectivity index (χ1) is 10.2. The van der Waals surface area contributed by atoms with Gasteiger partial charge in [-0.25, -0.2) is 4.79 Å². The van der Waals surface area contributed by atoms with E-state index >= 15 is 0 Å². The van der Waals surface area contributed by atoms with Crippen molar-refractivity contribution in [1.82, 2.24) is 0 Å². The van der Waals surface area contributed by atoms with Gasteiger partial charge in [0.25, 0.3) is 0 Å². The van der Waals surface area contributed by atoms with Gasteiger partial charge >= 0.3 is 5.97 Å². The lowest BCUT2D eigenvalue weighted by atomic mass is 10.0. The van der Waals surface area contributed by atoms with Crippen molar-refractivity contribution in [2.75, 3.05) is 0 Å². The SMILES string of the molecule is CC=C(C)C(=O)Oc1cccc2c1ccc1ccccc12. The molecule has 0 heterocycles. The highest BCUT2D eigenvalue weighted by Gasteiger charge is 2.10. The Morgan fingerprint density at radius 3 is 2.48 bits per heavy atom. The lowest BCUT2D eigenvalue weighted by Crippen LogP contribution is -2.09. The molecular weight excluding hydrogens is 260 g/mol. The Kier molecular flexibility index (Phi) is 3.44. The van der Waals surface area contributed by atoms with Gasteiger partial charge in [-0.05, 0) is 42.1 Å². The van der Waals surface area contributed by atoms with Crippen LogP contribution in [-0.2, 0) is 4.79 Å². The lowest BCUT2D eigenvalue weighted by Gasteiger charge is -2.09. The molecule has 3 aromatic carbocycles. The molecule has 2 heteroatoms. The number of ether oxygens (including phenoxy) is 1. The van der Waals surface area contributed by atoms with Crippen molar-refractivity contribution in [2.24, 2.45) is 0 Å². The first-order valence-electron chi connectivity index (χ1n) is 6.96. The molecule has 0 aliphatic heterocycles. The topological polar surface area (TPSA) is 26.3 Å². The zero-order chi connectivity index (χ0) is 14.8. The summed E-state index contributed by atoms with van der Waals surface area (Å²) in [5.41, 5.74) is 0.604. The predicted molar refractivity (Wildman–Crippen MR) is 86.5 cm³/mol. The summed E-state index contributed by atoms with van der Waals surface area (Å²) >= 11 is 0. The third-order valence-electron chi connectivity index (χ3n) is 3.70. The van der Waals surface area contributed by atoms with Gasteiger partial charge in [-0.1, -0.05) is 48.5 Å². The zero-order valence-electron chi connectivity index (χ0n) is 12.1. The summed E-state index contributed by atoms with van der Waals surface area (Å²) < 4.78 is 5.52. The third-order valence-corrected chi connectivity index (χ3v) is 3.70. The van der Waals surface area contributed by atoms with Gasteiger partial charge in [0.15, 0.2) is 0 Å². The number of benzene rings is 3. The zero-order valence-corrected chi connectivity index (χ0v) is 12.1. The number of hydrogen-bond donors (Lipinski definition) is 0. The molecule has 0 spiro atoms. The second-order valence-corrected chi connectivity index (χ2v) is 5.00. The van der Waals surface area contributed by atoms with Crippen LogP contribution in [0.4, 0.5) is 0 Å². The second kappa shape index (κ2) is 5.41. The van der Waals surface area contributed by atoms with Gasteiger partial charge in [-0.3, -0.25) is 0 Å². The highest BCUT2D eigenvalue weighted by atomic mass is 16.5. The van der Waals surface area contributed by atoms with Gasteiger partial charge in [0.2, 0.25) is 0 Å². The lowest BCUT2D eigenvalue weighted by molar-refractivity contribution is -0.130. The minimum Gasteiger partial charge on any atom is -0.423 e. The van der Waals surface area contributed by atoms with E-state index in [0.29, 0.717) is 11.3 Å². The number of carbonyl (C=O) groups excluding carboxylic acids is 1. The molecule has 0 saturated carbocycles. The molecule has 3 aromatic rings. The van der Waals surface area contributed by atoms with E-state index < -0.39 is 0 Å². The molecule has 0 N–H and O–H groups in total. The minimum atomic E-state index is -0.307. The van der Waals surface area contributed by atoms with E-state index in [2.05, 4.69) is 24.3 Å². The molecule has 0 saturated heterocycles. The third kappa shape index (κ3) is 2.40. The van der Waals surface area contributed by atoms with Crippen LogP contribution < -0.4 is 4.74 Å². The van der Waals surface area contributed by atoms with Crippen LogP contribution in [0.1, 0.15) is 13.8 Å². The molecule has 0 aromatic heterocycles. The Morgan fingerprint density at radius 1 is 0.905 bits per heavy atom. The van der Waals surface area contributed by atoms with E-state index in [0.717, 1.165) is 16.2 Å². The number of carbonyl (C=O) groups is 1. The molecule has 0 aliphatic rings. The summed E-state index contributed by atoms with van der Waals surface area (Å²) in [6.45, 7) is 3.58. The Bertz CT molecular complexity index is 860. The van der Waals surface area contributed by atoms with Crippen LogP contribution in [0, 0.1) is 0 Å². The quantitative estimate of drug-likeness (QED) is 0.289. The van der Waals surface area contributed by atoms with Gasteiger partial charge in [0, 0.05) is 11.0 Å². The molecule has 2 nitrogen and oxygen atoms in total. The van der Waals surface area contributed by atoms with Crippen LogP contribution >= 0.6 is 0 Å². The first kappa shape index (κ1) is 13.4. The molecule has 0 bridgehead atoms. The first-order valence-corrected chi connectivity index (χ1v) is 6.96. The molecule has 104 valence electrons. The monoisotopic (exact) mass is 276 g/mol. The van der Waals surface area contributed by atoms with Crippen molar-refractivity contribution in [3.8, 4) is 5.75 Å². The maximum atomic E-state index is 12.0. The van der Waals surface area contributed by atoms with Gasteiger partial charge in [-0.15, -0.1) is 0 Å². The number of rotatable bonds is 2. The van der Waals surface area contributed by atoms with Crippen LogP contribution in [-0.4, -0.2) is 5.97 Å². The summed E-state index contributed by atoms with van der Waals surface area (Å²) in [6.07, 6.45) is 1.75. The van der Waals surface area contributed by atoms with Crippen LogP contribution in [0.15, 0.2) is 66.2 Å². The molecule has 0 radical (unpaired) electrons. The maximum absolute atomic E-state index is 12.0. The van der Waals surface area contributed by atoms with Crippen LogP contribution in [0.5, 0.6) is 5.75 Å². The van der Waals surface area contributed by atoms with Gasteiger partial charge in [0.1, 0.15) is 5.75 Å². The molecule has 0 unspecified atom stereocenters. The van der Waals surface area contributed by atoms with Crippen LogP contribution in [0.3, 0.4) is 0 Å². The van der Waals surface area contributed by atoms with Crippen LogP contribution in [0.2, 0.25) is 0 Å². The largest absolute Gasteiger partial charge is 0.423 e. The Balaban J connectivity index is 2.17. The maximum Gasteiger partial charge on any atom is 0.338 e. The van der Waals surface area contributed by atoms with Gasteiger partial charge in [0.05, 0.1) is 0 Å². The van der Waals surface area contributed by atoms with E-state index in [1.54, 1.807) is 13.0 Å². The van der Waals surface area contributed by atoms with Gasteiger partial charge < -0.3 is 4.74 Å². The highest BCUT2D eigenvalue weighted by Crippen LogP contribution is 2.31. The van der Waals surface area contributed by atoms with Gasteiger partial charge in [-0.2, -0.15) is 0 Å². The van der Waals surface area contributed by atoms with E-state index in [1.807, 2.05) is 37.3 Å². The minimum absolute atomic E-state index is 0.307. The molecular formula is C19H16O2. The Labute approximate surface area is 123 Å². The fourth-order valence-corrected chi connectivity index (χ4v) is 2.40. The average molecular weight is 276 g/mol. The van der Waals surface area contributed by atoms with Crippen LogP contribution in [0.25, 0.3) is 21.5 Å². The fourth-order valence-electron chi connectivity index (χ4n) is 2.40. The van der Waals surface area contributed by atoms with Crippen molar-refractivity contribution in [3.05, 3.63) is 66.2 Å². The number of allylic oxidation sites excluding steroid dienone is 1. The molecule has 0 aliphatic carbocycles. The standard InChI is InChI=1S/C19H16O2/c1-3-13(2)19(20)21-18-10-6-9-16-15-8-5-4-7-14(15)11-12-17(16)18/h3-12H,1-2H3. The summed E-state index contributed by atoms with van der Waals surface area (Å²) in [6, 6.07) is 18.1. The summed E-state index contributed by atoms with van der Waals surface area (Å²) in [5.74, 6) is 0.294. The van der Waals surface area contributed by atoms with Crippen molar-refractivity contribution >= 4 is 27.5 Å². The van der Waals surface area contributed by atoms with E-state index in [1.165, 1.54) is 5.39 Å². The molecule has 0 atom stereocenters. The second-order valence-electron chi connectivity index (χ2n) is 5.00. The molecule has 3 rings (SSSR count). The molecule has 0 amide bonds. The van der Waals surface area contributed by atoms with E-state index in [9.17, 15) is 4.79 Å². The van der Waals surface area contributed by atoms with E-state index in [-0.39, 0.29) is 5.97 Å². The molecule has 21 heavy (non-hydrogen) atoms. The summed E-state index contributed by atoms with van der Waals surface area (Å²) in [7, 11) is 0. The van der Waals surface area contributed by atoms with E-state index in [4.69, 9.17) is 4.74 Å². The van der Waals surface area contributed by atoms with Crippen molar-refractivity contribution < 1.29 is 9.53 Å². The van der Waals surface area contributed by atoms with Crippen molar-refractivity contribution in [1.29, 1.82) is 0 Å². The fraction of sp³-hybridized carbons (Fsp3) is 0.105. The molecule has 0 fully saturated rings. The number of esters is 1. The number of fused-ring (bicyclic) bond motifs is 3. The highest BCUT2D eigenvalue weighted by molar-refractivity contribution is 6.09. The van der Waals surface area contributed by atoms with Crippen molar-refractivity contribution in [3.63, 3.8) is 0 Å². The predicted octanol–water partition coefficient (Wildman–Crippen LogP) is 4.86. The number of hydrogen-bond acceptors (Lipinski definition) is 2. The normalized spacial score (nSPS) is 11.8. The Morgan fingerprint density at radius 2 is 1.67 bits per heavy atom. The average Bonchev–Trinajstić information content (AvgIpc) is 2.54. The summed E-state index contributed by atoms with van der Waals surface area (Å²) in [4.78, 5) is 12.0. The smallest absolute Gasteiger partial charge is 0.338 e. The van der Waals surface area contributed by atoms with Crippen molar-refractivity contribution in [2.45, 2.75) is 13.8 Å².